The molecule has 0 aliphatic heterocycles. The van der Waals surface area contributed by atoms with E-state index in [1.807, 2.05) is 18.2 Å². The lowest BCUT2D eigenvalue weighted by atomic mass is 10.3. The predicted molar refractivity (Wildman–Crippen MR) is 83.3 cm³/mol. The van der Waals surface area contributed by atoms with E-state index in [-0.39, 0.29) is 12.5 Å². The highest BCUT2D eigenvalue weighted by Crippen LogP contribution is 2.26. The highest BCUT2D eigenvalue weighted by molar-refractivity contribution is 9.11. The summed E-state index contributed by atoms with van der Waals surface area (Å²) in [4.78, 5) is 11.9. The molecule has 0 fully saturated rings. The number of hydrogen-bond acceptors (Lipinski definition) is 4. The SMILES string of the molecule is NCCc1cn(CC(=O)Nc2ccc(Br)cc2Br)nn1. The summed E-state index contributed by atoms with van der Waals surface area (Å²) >= 11 is 6.75. The van der Waals surface area contributed by atoms with Crippen LogP contribution in [-0.4, -0.2) is 27.4 Å². The molecule has 1 aromatic heterocycles. The van der Waals surface area contributed by atoms with Crippen LogP contribution in [0.5, 0.6) is 0 Å². The Hall–Kier alpha value is -1.25. The zero-order chi connectivity index (χ0) is 14.5. The molecule has 106 valence electrons. The largest absolute Gasteiger partial charge is 0.330 e. The molecule has 0 bridgehead atoms. The van der Waals surface area contributed by atoms with E-state index < -0.39 is 0 Å². The van der Waals surface area contributed by atoms with Crippen LogP contribution >= 0.6 is 31.9 Å². The first-order chi connectivity index (χ1) is 9.58. The Morgan fingerprint density at radius 2 is 2.20 bits per heavy atom. The van der Waals surface area contributed by atoms with Crippen molar-refractivity contribution in [1.29, 1.82) is 0 Å². The van der Waals surface area contributed by atoms with Gasteiger partial charge in [0.05, 0.1) is 11.4 Å². The average molecular weight is 403 g/mol. The molecule has 6 nitrogen and oxygen atoms in total. The summed E-state index contributed by atoms with van der Waals surface area (Å²) < 4.78 is 3.24. The third-order valence-corrected chi connectivity index (χ3v) is 3.65. The molecular weight excluding hydrogens is 390 g/mol. The summed E-state index contributed by atoms with van der Waals surface area (Å²) in [5, 5.41) is 10.6. The van der Waals surface area contributed by atoms with Crippen molar-refractivity contribution < 1.29 is 4.79 Å². The second kappa shape index (κ2) is 6.96. The summed E-state index contributed by atoms with van der Waals surface area (Å²) in [6.07, 6.45) is 2.38. The maximum Gasteiger partial charge on any atom is 0.246 e. The van der Waals surface area contributed by atoms with Gasteiger partial charge < -0.3 is 11.1 Å². The van der Waals surface area contributed by atoms with E-state index in [4.69, 9.17) is 5.73 Å². The number of anilines is 1. The molecule has 0 radical (unpaired) electrons. The fourth-order valence-corrected chi connectivity index (χ4v) is 2.75. The fourth-order valence-electron chi connectivity index (χ4n) is 1.61. The van der Waals surface area contributed by atoms with Gasteiger partial charge >= 0.3 is 0 Å². The van der Waals surface area contributed by atoms with Gasteiger partial charge in [0.2, 0.25) is 5.91 Å². The number of hydrogen-bond donors (Lipinski definition) is 2. The lowest BCUT2D eigenvalue weighted by molar-refractivity contribution is -0.116. The molecule has 8 heteroatoms. The van der Waals surface area contributed by atoms with Crippen molar-refractivity contribution in [2.24, 2.45) is 5.73 Å². The van der Waals surface area contributed by atoms with E-state index in [1.165, 1.54) is 4.68 Å². The molecule has 1 amide bonds. The van der Waals surface area contributed by atoms with Crippen LogP contribution < -0.4 is 11.1 Å². The van der Waals surface area contributed by atoms with Crippen LogP contribution in [0.2, 0.25) is 0 Å². The third-order valence-electron chi connectivity index (χ3n) is 2.50. The number of carbonyl (C=O) groups excluding carboxylic acids is 1. The van der Waals surface area contributed by atoms with E-state index >= 15 is 0 Å². The van der Waals surface area contributed by atoms with Gasteiger partial charge in [-0.25, -0.2) is 4.68 Å². The minimum atomic E-state index is -0.169. The van der Waals surface area contributed by atoms with Crippen LogP contribution in [0, 0.1) is 0 Å². The zero-order valence-corrected chi connectivity index (χ0v) is 13.7. The van der Waals surface area contributed by atoms with Crippen molar-refractivity contribution in [2.45, 2.75) is 13.0 Å². The Kier molecular flexibility index (Phi) is 5.27. The first kappa shape index (κ1) is 15.1. The Labute approximate surface area is 133 Å². The average Bonchev–Trinajstić information content (AvgIpc) is 2.81. The number of halogens is 2. The lowest BCUT2D eigenvalue weighted by Crippen LogP contribution is -2.19. The molecule has 20 heavy (non-hydrogen) atoms. The molecule has 0 saturated carbocycles. The van der Waals surface area contributed by atoms with Gasteiger partial charge in [-0.3, -0.25) is 4.79 Å². The Morgan fingerprint density at radius 1 is 1.40 bits per heavy atom. The number of aromatic nitrogens is 3. The Morgan fingerprint density at radius 3 is 2.90 bits per heavy atom. The van der Waals surface area contributed by atoms with Crippen molar-refractivity contribution >= 4 is 43.5 Å². The number of nitrogens with zero attached hydrogens (tertiary/aromatic N) is 3. The summed E-state index contributed by atoms with van der Waals surface area (Å²) in [6, 6.07) is 5.53. The second-order valence-electron chi connectivity index (χ2n) is 4.12. The number of carbonyl (C=O) groups is 1. The molecule has 1 heterocycles. The van der Waals surface area contributed by atoms with Crippen LogP contribution in [0.15, 0.2) is 33.3 Å². The van der Waals surface area contributed by atoms with E-state index in [1.54, 1.807) is 6.20 Å². The predicted octanol–water partition coefficient (Wildman–Crippen LogP) is 1.94. The maximum absolute atomic E-state index is 11.9. The summed E-state index contributed by atoms with van der Waals surface area (Å²) in [7, 11) is 0. The van der Waals surface area contributed by atoms with Gasteiger partial charge in [-0.1, -0.05) is 21.1 Å². The molecule has 2 rings (SSSR count). The monoisotopic (exact) mass is 401 g/mol. The highest BCUT2D eigenvalue weighted by atomic mass is 79.9. The van der Waals surface area contributed by atoms with Crippen molar-refractivity contribution in [3.63, 3.8) is 0 Å². The van der Waals surface area contributed by atoms with Gasteiger partial charge in [-0.05, 0) is 40.7 Å². The first-order valence-corrected chi connectivity index (χ1v) is 7.51. The molecule has 0 saturated heterocycles. The number of nitrogens with one attached hydrogen (secondary N) is 1. The highest BCUT2D eigenvalue weighted by Gasteiger charge is 2.08. The molecule has 0 aliphatic rings. The molecule has 2 aromatic rings. The second-order valence-corrected chi connectivity index (χ2v) is 5.89. The first-order valence-electron chi connectivity index (χ1n) is 5.92. The third kappa shape index (κ3) is 4.12. The zero-order valence-electron chi connectivity index (χ0n) is 10.5. The Balaban J connectivity index is 1.97. The minimum absolute atomic E-state index is 0.111. The maximum atomic E-state index is 11.9. The van der Waals surface area contributed by atoms with E-state index in [0.717, 1.165) is 14.6 Å². The standard InChI is InChI=1S/C12H13Br2N5O/c13-8-1-2-11(10(14)5-8)16-12(20)7-19-6-9(3-4-15)17-18-19/h1-2,5-6H,3-4,7,15H2,(H,16,20). The fraction of sp³-hybridized carbons (Fsp3) is 0.250. The van der Waals surface area contributed by atoms with Crippen molar-refractivity contribution in [3.05, 3.63) is 39.0 Å². The lowest BCUT2D eigenvalue weighted by Gasteiger charge is -2.07. The van der Waals surface area contributed by atoms with Gasteiger partial charge in [-0.15, -0.1) is 5.10 Å². The van der Waals surface area contributed by atoms with Crippen LogP contribution in [0.3, 0.4) is 0 Å². The summed E-state index contributed by atoms with van der Waals surface area (Å²) in [5.74, 6) is -0.169. The van der Waals surface area contributed by atoms with E-state index in [9.17, 15) is 4.79 Å². The van der Waals surface area contributed by atoms with Crippen LogP contribution in [0.25, 0.3) is 0 Å². The van der Waals surface area contributed by atoms with Crippen molar-refractivity contribution in [2.75, 3.05) is 11.9 Å². The quantitative estimate of drug-likeness (QED) is 0.800. The number of nitrogens with two attached hydrogens (primary N) is 1. The van der Waals surface area contributed by atoms with Gasteiger partial charge in [0.15, 0.2) is 0 Å². The molecule has 3 N–H and O–H groups in total. The minimum Gasteiger partial charge on any atom is -0.330 e. The van der Waals surface area contributed by atoms with Gasteiger partial charge in [0.1, 0.15) is 6.54 Å². The van der Waals surface area contributed by atoms with E-state index in [2.05, 4.69) is 47.5 Å². The molecule has 0 atom stereocenters. The topological polar surface area (TPSA) is 85.8 Å². The summed E-state index contributed by atoms with van der Waals surface area (Å²) in [6.45, 7) is 0.622. The van der Waals surface area contributed by atoms with Crippen LogP contribution in [0.4, 0.5) is 5.69 Å². The van der Waals surface area contributed by atoms with Crippen LogP contribution in [0.1, 0.15) is 5.69 Å². The van der Waals surface area contributed by atoms with Crippen molar-refractivity contribution in [3.8, 4) is 0 Å². The Bertz CT molecular complexity index is 614. The van der Waals surface area contributed by atoms with Gasteiger partial charge in [-0.2, -0.15) is 0 Å². The molecule has 0 unspecified atom stereocenters. The van der Waals surface area contributed by atoms with Crippen LogP contribution in [-0.2, 0) is 17.8 Å². The molecule has 1 aromatic carbocycles. The number of amides is 1. The molecule has 0 aliphatic carbocycles. The van der Waals surface area contributed by atoms with Gasteiger partial charge in [0, 0.05) is 21.6 Å². The number of rotatable bonds is 5. The normalized spacial score (nSPS) is 10.6. The number of benzene rings is 1. The van der Waals surface area contributed by atoms with E-state index in [0.29, 0.717) is 18.7 Å². The summed E-state index contributed by atoms with van der Waals surface area (Å²) in [5.41, 5.74) is 6.93. The smallest absolute Gasteiger partial charge is 0.246 e. The van der Waals surface area contributed by atoms with Gasteiger partial charge in [0.25, 0.3) is 0 Å². The molecule has 0 spiro atoms. The molecular formula is C12H13Br2N5O. The van der Waals surface area contributed by atoms with Crippen molar-refractivity contribution in [1.82, 2.24) is 15.0 Å².